The van der Waals surface area contributed by atoms with E-state index in [4.69, 9.17) is 4.74 Å². The molecule has 28 heavy (non-hydrogen) atoms. The molecule has 1 aliphatic rings. The van der Waals surface area contributed by atoms with Crippen molar-refractivity contribution in [2.24, 2.45) is 4.99 Å². The van der Waals surface area contributed by atoms with Gasteiger partial charge >= 0.3 is 6.18 Å². The zero-order valence-electron chi connectivity index (χ0n) is 16.4. The number of nitrogens with one attached hydrogen (secondary N) is 2. The summed E-state index contributed by atoms with van der Waals surface area (Å²) in [5.74, 6) is 1.48. The highest BCUT2D eigenvalue weighted by molar-refractivity contribution is 14.0. The molecule has 1 aromatic rings. The Morgan fingerprint density at radius 3 is 2.71 bits per heavy atom. The van der Waals surface area contributed by atoms with Crippen LogP contribution in [0.5, 0.6) is 5.75 Å². The number of rotatable bonds is 7. The van der Waals surface area contributed by atoms with Crippen molar-refractivity contribution in [2.45, 2.75) is 51.4 Å². The van der Waals surface area contributed by atoms with Gasteiger partial charge in [0.2, 0.25) is 0 Å². The van der Waals surface area contributed by atoms with Crippen molar-refractivity contribution in [3.05, 3.63) is 29.8 Å². The Balaban J connectivity index is 0.00000392. The van der Waals surface area contributed by atoms with E-state index in [1.807, 2.05) is 45.0 Å². The van der Waals surface area contributed by atoms with E-state index < -0.39 is 12.8 Å². The summed E-state index contributed by atoms with van der Waals surface area (Å²) in [6.45, 7) is 5.91. The van der Waals surface area contributed by atoms with E-state index in [2.05, 4.69) is 20.4 Å². The fraction of sp³-hybridized carbons (Fsp3) is 0.632. The number of aliphatic imine (C=N–C) groups is 1. The van der Waals surface area contributed by atoms with Crippen LogP contribution >= 0.6 is 24.0 Å². The number of nitrogens with zero attached hydrogens (tertiary/aromatic N) is 1. The van der Waals surface area contributed by atoms with Gasteiger partial charge in [0, 0.05) is 31.7 Å². The lowest BCUT2D eigenvalue weighted by Gasteiger charge is -2.38. The minimum atomic E-state index is -4.29. The van der Waals surface area contributed by atoms with Crippen LogP contribution in [0, 0.1) is 0 Å². The molecule has 1 aromatic carbocycles. The lowest BCUT2D eigenvalue weighted by Crippen LogP contribution is -2.45. The van der Waals surface area contributed by atoms with Crippen LogP contribution in [0.4, 0.5) is 13.2 Å². The Labute approximate surface area is 181 Å². The van der Waals surface area contributed by atoms with Gasteiger partial charge in [0.25, 0.3) is 0 Å². The lowest BCUT2D eigenvalue weighted by molar-refractivity contribution is -0.173. The topological polar surface area (TPSA) is 54.9 Å². The normalized spacial score (nSPS) is 18.5. The first kappa shape index (κ1) is 24.8. The number of benzene rings is 1. The zero-order chi connectivity index (χ0) is 19.9. The van der Waals surface area contributed by atoms with E-state index in [1.165, 1.54) is 0 Å². The number of hydrogen-bond donors (Lipinski definition) is 2. The Kier molecular flexibility index (Phi) is 9.82. The van der Waals surface area contributed by atoms with Crippen LogP contribution in [0.3, 0.4) is 0 Å². The molecule has 1 atom stereocenters. The third-order valence-electron chi connectivity index (χ3n) is 4.01. The zero-order valence-corrected chi connectivity index (χ0v) is 18.8. The maximum Gasteiger partial charge on any atom is 0.411 e. The smallest absolute Gasteiger partial charge is 0.411 e. The Morgan fingerprint density at radius 2 is 2.04 bits per heavy atom. The first-order valence-electron chi connectivity index (χ1n) is 9.17. The summed E-state index contributed by atoms with van der Waals surface area (Å²) in [5.41, 5.74) is 0.755. The molecule has 1 heterocycles. The molecule has 0 bridgehead atoms. The van der Waals surface area contributed by atoms with Crippen LogP contribution < -0.4 is 15.4 Å². The minimum absolute atomic E-state index is 0. The van der Waals surface area contributed by atoms with Crippen molar-refractivity contribution in [1.82, 2.24) is 10.6 Å². The van der Waals surface area contributed by atoms with Gasteiger partial charge in [0.1, 0.15) is 18.0 Å². The summed E-state index contributed by atoms with van der Waals surface area (Å²) in [6, 6.07) is 7.92. The van der Waals surface area contributed by atoms with Crippen molar-refractivity contribution in [3.8, 4) is 5.75 Å². The molecular formula is C19H29F3IN3O2. The van der Waals surface area contributed by atoms with Crippen LogP contribution in [0.2, 0.25) is 0 Å². The third kappa shape index (κ3) is 8.42. The monoisotopic (exact) mass is 515 g/mol. The van der Waals surface area contributed by atoms with Crippen molar-refractivity contribution >= 4 is 29.9 Å². The highest BCUT2D eigenvalue weighted by atomic mass is 127. The molecule has 160 valence electrons. The first-order valence-corrected chi connectivity index (χ1v) is 9.17. The van der Waals surface area contributed by atoms with E-state index in [0.29, 0.717) is 25.5 Å². The van der Waals surface area contributed by atoms with Crippen LogP contribution in [-0.2, 0) is 4.74 Å². The van der Waals surface area contributed by atoms with Crippen molar-refractivity contribution in [2.75, 3.05) is 26.3 Å². The number of fused-ring (bicyclic) bond motifs is 1. The summed E-state index contributed by atoms with van der Waals surface area (Å²) in [5, 5.41) is 6.60. The lowest BCUT2D eigenvalue weighted by atomic mass is 9.90. The van der Waals surface area contributed by atoms with Gasteiger partial charge in [0.05, 0.1) is 6.04 Å². The third-order valence-corrected chi connectivity index (χ3v) is 4.01. The van der Waals surface area contributed by atoms with E-state index in [1.54, 1.807) is 0 Å². The minimum Gasteiger partial charge on any atom is -0.487 e. The second-order valence-electron chi connectivity index (χ2n) is 7.08. The fourth-order valence-electron chi connectivity index (χ4n) is 2.96. The van der Waals surface area contributed by atoms with Crippen LogP contribution in [0.15, 0.2) is 29.3 Å². The average molecular weight is 515 g/mol. The molecule has 0 amide bonds. The second-order valence-corrected chi connectivity index (χ2v) is 7.08. The summed E-state index contributed by atoms with van der Waals surface area (Å²) in [6.07, 6.45) is -3.10. The number of hydrogen-bond acceptors (Lipinski definition) is 3. The van der Waals surface area contributed by atoms with E-state index in [9.17, 15) is 13.2 Å². The molecule has 9 heteroatoms. The van der Waals surface area contributed by atoms with Crippen LogP contribution in [0.1, 0.15) is 45.2 Å². The van der Waals surface area contributed by atoms with Crippen molar-refractivity contribution in [3.63, 3.8) is 0 Å². The molecular weight excluding hydrogens is 486 g/mol. The molecule has 5 nitrogen and oxygen atoms in total. The molecule has 1 aliphatic heterocycles. The van der Waals surface area contributed by atoms with Gasteiger partial charge in [-0.25, -0.2) is 0 Å². The largest absolute Gasteiger partial charge is 0.487 e. The maximum absolute atomic E-state index is 12.1. The predicted octanol–water partition coefficient (Wildman–Crippen LogP) is 4.43. The molecule has 0 saturated carbocycles. The van der Waals surface area contributed by atoms with Gasteiger partial charge in [-0.2, -0.15) is 13.2 Å². The Hall–Kier alpha value is -1.23. The van der Waals surface area contributed by atoms with Gasteiger partial charge in [-0.15, -0.1) is 24.0 Å². The second kappa shape index (κ2) is 11.1. The van der Waals surface area contributed by atoms with Gasteiger partial charge < -0.3 is 20.1 Å². The summed E-state index contributed by atoms with van der Waals surface area (Å²) in [4.78, 5) is 4.45. The Bertz CT molecular complexity index is 639. The van der Waals surface area contributed by atoms with E-state index >= 15 is 0 Å². The van der Waals surface area contributed by atoms with E-state index in [-0.39, 0.29) is 42.2 Å². The Morgan fingerprint density at radius 1 is 1.32 bits per heavy atom. The first-order chi connectivity index (χ1) is 12.7. The maximum atomic E-state index is 12.1. The summed E-state index contributed by atoms with van der Waals surface area (Å²) < 4.78 is 46.8. The molecule has 0 aromatic heterocycles. The SMILES string of the molecule is CCNC(=NCCCOCC(F)(F)F)NC1CC(C)(C)Oc2ccccc21.I. The van der Waals surface area contributed by atoms with Crippen molar-refractivity contribution < 1.29 is 22.6 Å². The molecule has 0 aliphatic carbocycles. The molecule has 1 unspecified atom stereocenters. The number of halogens is 4. The van der Waals surface area contributed by atoms with E-state index in [0.717, 1.165) is 17.7 Å². The van der Waals surface area contributed by atoms with Gasteiger partial charge in [-0.1, -0.05) is 18.2 Å². The molecule has 0 fully saturated rings. The molecule has 0 radical (unpaired) electrons. The van der Waals surface area contributed by atoms with Crippen LogP contribution in [-0.4, -0.2) is 44.0 Å². The summed E-state index contributed by atoms with van der Waals surface area (Å²) >= 11 is 0. The standard InChI is InChI=1S/C19H28F3N3O2.HI/c1-4-23-17(24-10-7-11-26-13-19(20,21)22)25-15-12-18(2,3)27-16-9-6-5-8-14(15)16;/h5-6,8-9,15H,4,7,10-13H2,1-3H3,(H2,23,24,25);1H. The summed E-state index contributed by atoms with van der Waals surface area (Å²) in [7, 11) is 0. The average Bonchev–Trinajstić information content (AvgIpc) is 2.56. The molecule has 2 rings (SSSR count). The molecule has 0 spiro atoms. The number of ether oxygens (including phenoxy) is 2. The predicted molar refractivity (Wildman–Crippen MR) is 115 cm³/mol. The molecule has 2 N–H and O–H groups in total. The number of guanidine groups is 1. The fourth-order valence-corrected chi connectivity index (χ4v) is 2.96. The number of para-hydroxylation sites is 1. The van der Waals surface area contributed by atoms with Gasteiger partial charge in [-0.05, 0) is 33.3 Å². The number of alkyl halides is 3. The highest BCUT2D eigenvalue weighted by Crippen LogP contribution is 2.39. The van der Waals surface area contributed by atoms with Crippen molar-refractivity contribution in [1.29, 1.82) is 0 Å². The molecule has 0 saturated heterocycles. The quantitative estimate of drug-likeness (QED) is 0.244. The van der Waals surface area contributed by atoms with Crippen LogP contribution in [0.25, 0.3) is 0 Å². The van der Waals surface area contributed by atoms with Gasteiger partial charge in [-0.3, -0.25) is 4.99 Å². The van der Waals surface area contributed by atoms with Gasteiger partial charge in [0.15, 0.2) is 5.96 Å². The highest BCUT2D eigenvalue weighted by Gasteiger charge is 2.34.